The van der Waals surface area contributed by atoms with E-state index in [0.717, 1.165) is 18.4 Å². The number of ether oxygens (including phenoxy) is 1. The molecule has 1 aliphatic rings. The van der Waals surface area contributed by atoms with Gasteiger partial charge in [0.2, 0.25) is 0 Å². The molecule has 0 atom stereocenters. The maximum absolute atomic E-state index is 12.9. The summed E-state index contributed by atoms with van der Waals surface area (Å²) in [5, 5.41) is 6.36. The van der Waals surface area contributed by atoms with Crippen molar-refractivity contribution < 1.29 is 18.7 Å². The van der Waals surface area contributed by atoms with Crippen LogP contribution in [0.2, 0.25) is 0 Å². The van der Waals surface area contributed by atoms with Crippen molar-refractivity contribution >= 4 is 18.0 Å². The van der Waals surface area contributed by atoms with Gasteiger partial charge in [0.15, 0.2) is 0 Å². The van der Waals surface area contributed by atoms with Crippen molar-refractivity contribution in [2.24, 2.45) is 5.10 Å². The molecule has 0 bridgehead atoms. The van der Waals surface area contributed by atoms with Gasteiger partial charge in [-0.2, -0.15) is 5.10 Å². The second-order valence-corrected chi connectivity index (χ2v) is 5.93. The highest BCUT2D eigenvalue weighted by molar-refractivity contribution is 6.35. The zero-order valence-corrected chi connectivity index (χ0v) is 13.9. The van der Waals surface area contributed by atoms with E-state index < -0.39 is 11.8 Å². The zero-order valence-electron chi connectivity index (χ0n) is 13.9. The van der Waals surface area contributed by atoms with Crippen molar-refractivity contribution in [1.82, 2.24) is 10.7 Å². The third-order valence-corrected chi connectivity index (χ3v) is 3.68. The van der Waals surface area contributed by atoms with Crippen LogP contribution in [0.15, 0.2) is 53.6 Å². The second kappa shape index (κ2) is 8.24. The van der Waals surface area contributed by atoms with E-state index in [-0.39, 0.29) is 11.9 Å². The van der Waals surface area contributed by atoms with Gasteiger partial charge in [0.1, 0.15) is 18.2 Å². The van der Waals surface area contributed by atoms with Crippen molar-refractivity contribution in [3.05, 3.63) is 65.5 Å². The molecule has 2 amide bonds. The number of rotatable bonds is 6. The SMILES string of the molecule is O=C(N/N=C\c1cccc(OCc2ccc(F)cc2)c1)C(=O)NC1CC1. The Morgan fingerprint density at radius 2 is 1.92 bits per heavy atom. The monoisotopic (exact) mass is 355 g/mol. The first-order valence-electron chi connectivity index (χ1n) is 8.21. The number of nitrogens with one attached hydrogen (secondary N) is 2. The van der Waals surface area contributed by atoms with Gasteiger partial charge in [0, 0.05) is 6.04 Å². The lowest BCUT2D eigenvalue weighted by molar-refractivity contribution is -0.139. The van der Waals surface area contributed by atoms with E-state index >= 15 is 0 Å². The standard InChI is InChI=1S/C19H18FN3O3/c20-15-6-4-13(5-7-15)12-26-17-3-1-2-14(10-17)11-21-23-19(25)18(24)22-16-8-9-16/h1-7,10-11,16H,8-9,12H2,(H,22,24)(H,23,25)/b21-11-. The van der Waals surface area contributed by atoms with Gasteiger partial charge in [-0.25, -0.2) is 9.82 Å². The molecule has 0 heterocycles. The summed E-state index contributed by atoms with van der Waals surface area (Å²) in [6.07, 6.45) is 3.24. The summed E-state index contributed by atoms with van der Waals surface area (Å²) in [7, 11) is 0. The van der Waals surface area contributed by atoms with Crippen LogP contribution in [0.4, 0.5) is 4.39 Å². The second-order valence-electron chi connectivity index (χ2n) is 5.93. The van der Waals surface area contributed by atoms with Crippen LogP contribution in [-0.2, 0) is 16.2 Å². The summed E-state index contributed by atoms with van der Waals surface area (Å²) in [6, 6.07) is 13.3. The largest absolute Gasteiger partial charge is 0.489 e. The molecule has 2 N–H and O–H groups in total. The van der Waals surface area contributed by atoms with Gasteiger partial charge in [-0.1, -0.05) is 24.3 Å². The number of hydrogen-bond acceptors (Lipinski definition) is 4. The minimum Gasteiger partial charge on any atom is -0.489 e. The van der Waals surface area contributed by atoms with Crippen LogP contribution in [0.1, 0.15) is 24.0 Å². The van der Waals surface area contributed by atoms with E-state index in [1.54, 1.807) is 36.4 Å². The van der Waals surface area contributed by atoms with Gasteiger partial charge >= 0.3 is 11.8 Å². The van der Waals surface area contributed by atoms with Crippen molar-refractivity contribution in [1.29, 1.82) is 0 Å². The summed E-state index contributed by atoms with van der Waals surface area (Å²) < 4.78 is 18.5. The summed E-state index contributed by atoms with van der Waals surface area (Å²) in [5.41, 5.74) is 3.73. The Balaban J connectivity index is 1.50. The maximum Gasteiger partial charge on any atom is 0.329 e. The van der Waals surface area contributed by atoms with Gasteiger partial charge in [0.25, 0.3) is 0 Å². The third-order valence-electron chi connectivity index (χ3n) is 3.68. The Morgan fingerprint density at radius 1 is 1.15 bits per heavy atom. The van der Waals surface area contributed by atoms with Crippen LogP contribution in [0.5, 0.6) is 5.75 Å². The molecule has 2 aromatic rings. The molecule has 134 valence electrons. The van der Waals surface area contributed by atoms with E-state index in [1.807, 2.05) is 0 Å². The molecule has 0 spiro atoms. The lowest BCUT2D eigenvalue weighted by atomic mass is 10.2. The first-order valence-corrected chi connectivity index (χ1v) is 8.21. The average Bonchev–Trinajstić information content (AvgIpc) is 3.45. The van der Waals surface area contributed by atoms with Gasteiger partial charge < -0.3 is 10.1 Å². The molecule has 26 heavy (non-hydrogen) atoms. The number of hydrogen-bond donors (Lipinski definition) is 2. The van der Waals surface area contributed by atoms with Gasteiger partial charge in [-0.15, -0.1) is 0 Å². The Labute approximate surface area is 150 Å². The quantitative estimate of drug-likeness (QED) is 0.473. The van der Waals surface area contributed by atoms with E-state index in [2.05, 4.69) is 15.8 Å². The molecule has 0 radical (unpaired) electrons. The van der Waals surface area contributed by atoms with Gasteiger partial charge in [-0.3, -0.25) is 9.59 Å². The molecular formula is C19H18FN3O3. The normalized spacial score (nSPS) is 13.4. The molecule has 0 saturated heterocycles. The van der Waals surface area contributed by atoms with Crippen molar-refractivity contribution in [2.45, 2.75) is 25.5 Å². The predicted molar refractivity (Wildman–Crippen MR) is 94.1 cm³/mol. The summed E-state index contributed by atoms with van der Waals surface area (Å²) in [4.78, 5) is 23.0. The smallest absolute Gasteiger partial charge is 0.329 e. The maximum atomic E-state index is 12.9. The molecule has 0 aliphatic heterocycles. The first kappa shape index (κ1) is 17.6. The zero-order chi connectivity index (χ0) is 18.4. The number of halogens is 1. The van der Waals surface area contributed by atoms with Crippen LogP contribution < -0.4 is 15.5 Å². The third kappa shape index (κ3) is 5.41. The van der Waals surface area contributed by atoms with Crippen molar-refractivity contribution in [3.63, 3.8) is 0 Å². The molecule has 0 aromatic heterocycles. The molecule has 1 aliphatic carbocycles. The Kier molecular flexibility index (Phi) is 5.58. The van der Waals surface area contributed by atoms with Crippen LogP contribution in [0.25, 0.3) is 0 Å². The van der Waals surface area contributed by atoms with E-state index in [1.165, 1.54) is 18.3 Å². The predicted octanol–water partition coefficient (Wildman–Crippen LogP) is 2.13. The van der Waals surface area contributed by atoms with Gasteiger partial charge in [-0.05, 0) is 48.2 Å². The Hall–Kier alpha value is -3.22. The minimum absolute atomic E-state index is 0.118. The van der Waals surface area contributed by atoms with Crippen LogP contribution in [0, 0.1) is 5.82 Å². The van der Waals surface area contributed by atoms with E-state index in [9.17, 15) is 14.0 Å². The number of carbonyl (C=O) groups is 2. The van der Waals surface area contributed by atoms with Crippen LogP contribution in [0.3, 0.4) is 0 Å². The summed E-state index contributed by atoms with van der Waals surface area (Å²) >= 11 is 0. The topological polar surface area (TPSA) is 79.8 Å². The fraction of sp³-hybridized carbons (Fsp3) is 0.211. The molecule has 1 saturated carbocycles. The van der Waals surface area contributed by atoms with Crippen molar-refractivity contribution in [3.8, 4) is 5.75 Å². The molecule has 7 heteroatoms. The lowest BCUT2D eigenvalue weighted by Crippen LogP contribution is -2.38. The molecule has 1 fully saturated rings. The van der Waals surface area contributed by atoms with E-state index in [4.69, 9.17) is 4.74 Å². The fourth-order valence-electron chi connectivity index (χ4n) is 2.13. The number of benzene rings is 2. The molecule has 0 unspecified atom stereocenters. The average molecular weight is 355 g/mol. The highest BCUT2D eigenvalue weighted by Crippen LogP contribution is 2.18. The Morgan fingerprint density at radius 3 is 2.65 bits per heavy atom. The summed E-state index contributed by atoms with van der Waals surface area (Å²) in [6.45, 7) is 0.305. The van der Waals surface area contributed by atoms with Crippen LogP contribution >= 0.6 is 0 Å². The molecule has 3 rings (SSSR count). The molecular weight excluding hydrogens is 337 g/mol. The fourth-order valence-corrected chi connectivity index (χ4v) is 2.13. The van der Waals surface area contributed by atoms with Crippen LogP contribution in [-0.4, -0.2) is 24.1 Å². The number of nitrogens with zero attached hydrogens (tertiary/aromatic N) is 1. The summed E-state index contributed by atoms with van der Waals surface area (Å²) in [5.74, 6) is -1.16. The van der Waals surface area contributed by atoms with Crippen molar-refractivity contribution in [2.75, 3.05) is 0 Å². The highest BCUT2D eigenvalue weighted by Gasteiger charge is 2.26. The number of amides is 2. The first-order chi connectivity index (χ1) is 12.6. The minimum atomic E-state index is -0.795. The highest BCUT2D eigenvalue weighted by atomic mass is 19.1. The molecule has 6 nitrogen and oxygen atoms in total. The van der Waals surface area contributed by atoms with E-state index in [0.29, 0.717) is 17.9 Å². The van der Waals surface area contributed by atoms with Gasteiger partial charge in [0.05, 0.1) is 6.21 Å². The molecule has 2 aromatic carbocycles. The number of carbonyl (C=O) groups excluding carboxylic acids is 2. The Bertz CT molecular complexity index is 817. The lowest BCUT2D eigenvalue weighted by Gasteiger charge is -2.07. The number of hydrazone groups is 1.